The summed E-state index contributed by atoms with van der Waals surface area (Å²) in [6.07, 6.45) is 1.16. The Morgan fingerprint density at radius 2 is 1.83 bits per heavy atom. The Bertz CT molecular complexity index is 854. The van der Waals surface area contributed by atoms with Gasteiger partial charge < -0.3 is 14.1 Å². The first kappa shape index (κ1) is 17.0. The maximum Gasteiger partial charge on any atom is 0.196 e. The predicted molar refractivity (Wildman–Crippen MR) is 98.2 cm³/mol. The maximum absolute atomic E-state index is 6.10. The van der Waals surface area contributed by atoms with Crippen LogP contribution in [0.2, 0.25) is 0 Å². The first-order chi connectivity index (χ1) is 11.2. The second-order valence-corrected chi connectivity index (χ2v) is 6.26. The zero-order chi connectivity index (χ0) is 16.0. The normalized spacial score (nSPS) is 21.2. The van der Waals surface area contributed by atoms with Crippen molar-refractivity contribution >= 4 is 40.3 Å². The van der Waals surface area contributed by atoms with Crippen LogP contribution in [0.1, 0.15) is 26.6 Å². The summed E-state index contributed by atoms with van der Waals surface area (Å²) in [6.45, 7) is 7.91. The van der Waals surface area contributed by atoms with Crippen LogP contribution in [0.5, 0.6) is 0 Å². The molecule has 3 heterocycles. The zero-order valence-corrected chi connectivity index (χ0v) is 15.0. The van der Waals surface area contributed by atoms with Crippen LogP contribution in [-0.2, 0) is 11.2 Å². The summed E-state index contributed by atoms with van der Waals surface area (Å²) in [4.78, 5) is 11.8. The summed E-state index contributed by atoms with van der Waals surface area (Å²) in [5.74, 6) is 1.75. The molecule has 128 valence electrons. The molecular weight excluding hydrogens is 326 g/mol. The van der Waals surface area contributed by atoms with Crippen LogP contribution in [0.25, 0.3) is 22.1 Å². The summed E-state index contributed by atoms with van der Waals surface area (Å²) in [6, 6.07) is 8.04. The number of halogens is 1. The zero-order valence-electron chi connectivity index (χ0n) is 14.2. The van der Waals surface area contributed by atoms with Crippen molar-refractivity contribution in [3.05, 3.63) is 30.1 Å². The second kappa shape index (κ2) is 6.57. The van der Waals surface area contributed by atoms with Gasteiger partial charge >= 0.3 is 0 Å². The van der Waals surface area contributed by atoms with Gasteiger partial charge in [-0.15, -0.1) is 12.4 Å². The molecule has 5 nitrogen and oxygen atoms in total. The number of hydrogen-bond acceptors (Lipinski definition) is 5. The predicted octanol–water partition coefficient (Wildman–Crippen LogP) is 3.97. The van der Waals surface area contributed by atoms with Gasteiger partial charge in [0, 0.05) is 24.9 Å². The molecule has 1 fully saturated rings. The van der Waals surface area contributed by atoms with E-state index in [9.17, 15) is 0 Å². The van der Waals surface area contributed by atoms with Gasteiger partial charge in [0.1, 0.15) is 16.9 Å². The molecule has 24 heavy (non-hydrogen) atoms. The molecule has 1 saturated heterocycles. The third kappa shape index (κ3) is 2.82. The Morgan fingerprint density at radius 1 is 1.12 bits per heavy atom. The summed E-state index contributed by atoms with van der Waals surface area (Å²) in [5.41, 5.74) is 2.56. The average Bonchev–Trinajstić information content (AvgIpc) is 2.91. The quantitative estimate of drug-likeness (QED) is 0.702. The number of nitrogens with zero attached hydrogens (tertiary/aromatic N) is 3. The number of hydrogen-bond donors (Lipinski definition) is 0. The van der Waals surface area contributed by atoms with Gasteiger partial charge in [-0.2, -0.15) is 0 Å². The molecule has 6 heteroatoms. The number of ether oxygens (including phenoxy) is 1. The van der Waals surface area contributed by atoms with Crippen LogP contribution >= 0.6 is 12.4 Å². The van der Waals surface area contributed by atoms with Crippen LogP contribution in [-0.4, -0.2) is 35.3 Å². The Morgan fingerprint density at radius 3 is 2.54 bits per heavy atom. The highest BCUT2D eigenvalue weighted by Crippen LogP contribution is 2.34. The number of benzene rings is 1. The molecular formula is C18H22ClN3O2. The lowest BCUT2D eigenvalue weighted by Crippen LogP contribution is -2.46. The second-order valence-electron chi connectivity index (χ2n) is 6.26. The highest BCUT2D eigenvalue weighted by Gasteiger charge is 2.27. The Labute approximate surface area is 147 Å². The fraction of sp³-hybridized carbons (Fsp3) is 0.444. The lowest BCUT2D eigenvalue weighted by Gasteiger charge is -2.36. The largest absolute Gasteiger partial charge is 0.450 e. The van der Waals surface area contributed by atoms with Crippen molar-refractivity contribution in [3.8, 4) is 0 Å². The van der Waals surface area contributed by atoms with Gasteiger partial charge in [-0.25, -0.2) is 9.97 Å². The van der Waals surface area contributed by atoms with E-state index in [-0.39, 0.29) is 24.6 Å². The molecule has 3 aromatic rings. The number of aryl methyl sites for hydroxylation is 1. The molecule has 0 bridgehead atoms. The topological polar surface area (TPSA) is 51.4 Å². The fourth-order valence-electron chi connectivity index (χ4n) is 3.34. The number of aromatic nitrogens is 2. The van der Waals surface area contributed by atoms with Crippen molar-refractivity contribution in [3.63, 3.8) is 0 Å². The van der Waals surface area contributed by atoms with Gasteiger partial charge in [0.05, 0.1) is 12.2 Å². The molecule has 0 radical (unpaired) electrons. The Balaban J connectivity index is 0.00000169. The Kier molecular flexibility index (Phi) is 4.65. The summed E-state index contributed by atoms with van der Waals surface area (Å²) in [5, 5.41) is 1.05. The van der Waals surface area contributed by atoms with Gasteiger partial charge in [-0.05, 0) is 26.0 Å². The molecule has 1 aliphatic rings. The highest BCUT2D eigenvalue weighted by molar-refractivity contribution is 6.05. The molecule has 2 aromatic heterocycles. The van der Waals surface area contributed by atoms with E-state index in [4.69, 9.17) is 19.1 Å². The first-order valence-electron chi connectivity index (χ1n) is 8.24. The average molecular weight is 348 g/mol. The third-order valence-corrected chi connectivity index (χ3v) is 4.28. The Hall–Kier alpha value is -1.85. The standard InChI is InChI=1S/C18H21N3O2.ClH/c1-4-15-19-16-13-7-5-6-8-14(13)23-17(16)18(20-15)21-9-11(2)22-12(3)10-21;/h5-8,11-12H,4,9-10H2,1-3H3;1H. The van der Waals surface area contributed by atoms with E-state index in [2.05, 4.69) is 31.7 Å². The van der Waals surface area contributed by atoms with Crippen molar-refractivity contribution in [2.45, 2.75) is 39.4 Å². The lowest BCUT2D eigenvalue weighted by atomic mass is 10.2. The number of furan rings is 1. The van der Waals surface area contributed by atoms with Crippen molar-refractivity contribution in [1.29, 1.82) is 0 Å². The number of morpholine rings is 1. The van der Waals surface area contributed by atoms with Gasteiger partial charge in [-0.1, -0.05) is 19.1 Å². The van der Waals surface area contributed by atoms with E-state index in [0.717, 1.165) is 53.2 Å². The third-order valence-electron chi connectivity index (χ3n) is 4.28. The van der Waals surface area contributed by atoms with E-state index in [1.165, 1.54) is 0 Å². The highest BCUT2D eigenvalue weighted by atomic mass is 35.5. The minimum Gasteiger partial charge on any atom is -0.450 e. The van der Waals surface area contributed by atoms with Gasteiger partial charge in [0.15, 0.2) is 11.4 Å². The smallest absolute Gasteiger partial charge is 0.196 e. The molecule has 0 aliphatic carbocycles. The molecule has 1 aromatic carbocycles. The van der Waals surface area contributed by atoms with E-state index in [1.54, 1.807) is 0 Å². The minimum atomic E-state index is 0. The number of anilines is 1. The molecule has 2 unspecified atom stereocenters. The monoisotopic (exact) mass is 347 g/mol. The molecule has 4 rings (SSSR count). The van der Waals surface area contributed by atoms with Crippen molar-refractivity contribution < 1.29 is 9.15 Å². The van der Waals surface area contributed by atoms with Crippen LogP contribution in [0.3, 0.4) is 0 Å². The van der Waals surface area contributed by atoms with Crippen molar-refractivity contribution in [1.82, 2.24) is 9.97 Å². The summed E-state index contributed by atoms with van der Waals surface area (Å²) >= 11 is 0. The van der Waals surface area contributed by atoms with Crippen LogP contribution in [0, 0.1) is 0 Å². The number of rotatable bonds is 2. The minimum absolute atomic E-state index is 0. The number of fused-ring (bicyclic) bond motifs is 3. The summed E-state index contributed by atoms with van der Waals surface area (Å²) in [7, 11) is 0. The fourth-order valence-corrected chi connectivity index (χ4v) is 3.34. The molecule has 1 aliphatic heterocycles. The van der Waals surface area contributed by atoms with Crippen molar-refractivity contribution in [2.24, 2.45) is 0 Å². The van der Waals surface area contributed by atoms with E-state index in [0.29, 0.717) is 0 Å². The maximum atomic E-state index is 6.10. The van der Waals surface area contributed by atoms with Crippen molar-refractivity contribution in [2.75, 3.05) is 18.0 Å². The van der Waals surface area contributed by atoms with Gasteiger partial charge in [-0.3, -0.25) is 0 Å². The van der Waals surface area contributed by atoms with E-state index < -0.39 is 0 Å². The van der Waals surface area contributed by atoms with Crippen LogP contribution in [0.15, 0.2) is 28.7 Å². The first-order valence-corrected chi connectivity index (χ1v) is 8.24. The molecule has 0 spiro atoms. The summed E-state index contributed by atoms with van der Waals surface area (Å²) < 4.78 is 11.9. The molecule has 2 atom stereocenters. The van der Waals surface area contributed by atoms with Crippen LogP contribution in [0.4, 0.5) is 5.82 Å². The lowest BCUT2D eigenvalue weighted by molar-refractivity contribution is -0.00542. The van der Waals surface area contributed by atoms with E-state index in [1.807, 2.05) is 18.2 Å². The SMILES string of the molecule is CCc1nc(N2CC(C)OC(C)C2)c2oc3ccccc3c2n1.Cl. The molecule has 0 N–H and O–H groups in total. The van der Waals surface area contributed by atoms with Gasteiger partial charge in [0.25, 0.3) is 0 Å². The van der Waals surface area contributed by atoms with E-state index >= 15 is 0 Å². The van der Waals surface area contributed by atoms with Gasteiger partial charge in [0.2, 0.25) is 0 Å². The molecule has 0 amide bonds. The molecule has 0 saturated carbocycles. The number of para-hydroxylation sites is 1. The van der Waals surface area contributed by atoms with Crippen LogP contribution < -0.4 is 4.90 Å².